The van der Waals surface area contributed by atoms with Crippen LogP contribution in [0.3, 0.4) is 0 Å². The zero-order valence-corrected chi connectivity index (χ0v) is 12.6. The zero-order valence-electron chi connectivity index (χ0n) is 12.6. The van der Waals surface area contributed by atoms with Gasteiger partial charge in [-0.05, 0) is 33.6 Å². The quantitative estimate of drug-likeness (QED) is 0.800. The number of rotatable bonds is 4. The van der Waals surface area contributed by atoms with Crippen molar-refractivity contribution in [1.82, 2.24) is 10.2 Å². The molecule has 0 aromatic heterocycles. The summed E-state index contributed by atoms with van der Waals surface area (Å²) < 4.78 is 0. The minimum absolute atomic E-state index is 0.0477. The van der Waals surface area contributed by atoms with Crippen molar-refractivity contribution in [3.05, 3.63) is 0 Å². The molecule has 1 saturated carbocycles. The van der Waals surface area contributed by atoms with E-state index in [1.54, 1.807) is 7.05 Å². The molecule has 0 radical (unpaired) electrons. The van der Waals surface area contributed by atoms with Crippen LogP contribution in [0.5, 0.6) is 0 Å². The molecule has 0 spiro atoms. The Hall–Kier alpha value is -1.10. The van der Waals surface area contributed by atoms with E-state index in [4.69, 9.17) is 5.73 Å². The minimum Gasteiger partial charge on any atom is -0.350 e. The van der Waals surface area contributed by atoms with Gasteiger partial charge in [0.05, 0.1) is 6.54 Å². The summed E-state index contributed by atoms with van der Waals surface area (Å²) in [6, 6.07) is 0. The van der Waals surface area contributed by atoms with E-state index in [9.17, 15) is 9.59 Å². The lowest BCUT2D eigenvalue weighted by atomic mass is 9.94. The van der Waals surface area contributed by atoms with Crippen molar-refractivity contribution in [2.75, 3.05) is 13.6 Å². The first-order chi connectivity index (χ1) is 8.61. The molecule has 0 atom stereocenters. The molecule has 1 aliphatic carbocycles. The summed E-state index contributed by atoms with van der Waals surface area (Å²) in [5.74, 6) is -0.186. The van der Waals surface area contributed by atoms with Crippen LogP contribution in [-0.2, 0) is 9.59 Å². The molecule has 0 aromatic rings. The molecule has 0 aromatic carbocycles. The number of nitrogens with one attached hydrogen (secondary N) is 1. The van der Waals surface area contributed by atoms with Crippen molar-refractivity contribution >= 4 is 11.8 Å². The van der Waals surface area contributed by atoms with Crippen molar-refractivity contribution in [3.63, 3.8) is 0 Å². The Kier molecular flexibility index (Phi) is 4.96. The molecule has 0 aliphatic heterocycles. The molecule has 1 aliphatic rings. The lowest BCUT2D eigenvalue weighted by molar-refractivity contribution is -0.136. The normalized spacial score (nSPS) is 18.2. The Morgan fingerprint density at radius 2 is 1.79 bits per heavy atom. The highest BCUT2D eigenvalue weighted by atomic mass is 16.2. The molecule has 0 unspecified atom stereocenters. The largest absolute Gasteiger partial charge is 0.350 e. The van der Waals surface area contributed by atoms with Gasteiger partial charge in [0.2, 0.25) is 11.8 Å². The van der Waals surface area contributed by atoms with Crippen LogP contribution in [0.15, 0.2) is 0 Å². The van der Waals surface area contributed by atoms with Gasteiger partial charge in [-0.1, -0.05) is 12.8 Å². The van der Waals surface area contributed by atoms with Crippen LogP contribution in [0.1, 0.15) is 52.9 Å². The molecule has 1 fully saturated rings. The lowest BCUT2D eigenvalue weighted by Crippen LogP contribution is -2.48. The predicted octanol–water partition coefficient (Wildman–Crippen LogP) is 1.02. The van der Waals surface area contributed by atoms with Gasteiger partial charge in [-0.25, -0.2) is 0 Å². The van der Waals surface area contributed by atoms with Crippen LogP contribution < -0.4 is 11.1 Å². The van der Waals surface area contributed by atoms with Crippen molar-refractivity contribution in [3.8, 4) is 0 Å². The second kappa shape index (κ2) is 5.90. The molecule has 0 saturated heterocycles. The number of hydrogen-bond acceptors (Lipinski definition) is 3. The maximum absolute atomic E-state index is 12.1. The molecule has 5 heteroatoms. The summed E-state index contributed by atoms with van der Waals surface area (Å²) >= 11 is 0. The summed E-state index contributed by atoms with van der Waals surface area (Å²) in [7, 11) is 1.66. The third kappa shape index (κ3) is 5.59. The first kappa shape index (κ1) is 16.0. The topological polar surface area (TPSA) is 75.4 Å². The van der Waals surface area contributed by atoms with E-state index < -0.39 is 0 Å². The maximum atomic E-state index is 12.1. The van der Waals surface area contributed by atoms with E-state index in [1.165, 1.54) is 4.90 Å². The predicted molar refractivity (Wildman–Crippen MR) is 75.5 cm³/mol. The van der Waals surface area contributed by atoms with Crippen LogP contribution >= 0.6 is 0 Å². The fourth-order valence-corrected chi connectivity index (χ4v) is 2.45. The molecule has 0 bridgehead atoms. The molecular formula is C14H27N3O2. The van der Waals surface area contributed by atoms with E-state index in [0.29, 0.717) is 6.42 Å². The monoisotopic (exact) mass is 269 g/mol. The number of nitrogens with two attached hydrogens (primary N) is 1. The van der Waals surface area contributed by atoms with Gasteiger partial charge in [-0.3, -0.25) is 9.59 Å². The van der Waals surface area contributed by atoms with Crippen LogP contribution in [0.4, 0.5) is 0 Å². The minimum atomic E-state index is -0.355. The summed E-state index contributed by atoms with van der Waals surface area (Å²) in [4.78, 5) is 25.3. The average molecular weight is 269 g/mol. The Morgan fingerprint density at radius 1 is 1.26 bits per heavy atom. The fraction of sp³-hybridized carbons (Fsp3) is 0.857. The number of nitrogens with zero attached hydrogens (tertiary/aromatic N) is 1. The van der Waals surface area contributed by atoms with Gasteiger partial charge < -0.3 is 16.0 Å². The maximum Gasteiger partial charge on any atom is 0.240 e. The molecule has 110 valence electrons. The zero-order chi connectivity index (χ0) is 14.7. The van der Waals surface area contributed by atoms with Gasteiger partial charge in [0, 0.05) is 24.5 Å². The highest BCUT2D eigenvalue weighted by molar-refractivity contribution is 5.85. The van der Waals surface area contributed by atoms with E-state index in [2.05, 4.69) is 5.32 Å². The highest BCUT2D eigenvalue weighted by Gasteiger charge is 2.33. The Bertz CT molecular complexity index is 341. The first-order valence-corrected chi connectivity index (χ1v) is 6.95. The van der Waals surface area contributed by atoms with Gasteiger partial charge in [-0.15, -0.1) is 0 Å². The fourth-order valence-electron chi connectivity index (χ4n) is 2.45. The molecule has 2 amide bonds. The smallest absolute Gasteiger partial charge is 0.240 e. The SMILES string of the molecule is CN(CC(=O)NC(C)(C)C)C(=O)CC1(N)CCCC1. The lowest BCUT2D eigenvalue weighted by Gasteiger charge is -2.27. The molecule has 5 nitrogen and oxygen atoms in total. The summed E-state index contributed by atoms with van der Waals surface area (Å²) in [6.07, 6.45) is 4.34. The third-order valence-electron chi connectivity index (χ3n) is 3.42. The number of hydrogen-bond donors (Lipinski definition) is 2. The van der Waals surface area contributed by atoms with Gasteiger partial charge in [0.1, 0.15) is 0 Å². The Morgan fingerprint density at radius 3 is 2.26 bits per heavy atom. The summed E-state index contributed by atoms with van der Waals surface area (Å²) in [5.41, 5.74) is 5.55. The van der Waals surface area contributed by atoms with Gasteiger partial charge >= 0.3 is 0 Å². The van der Waals surface area contributed by atoms with E-state index in [1.807, 2.05) is 20.8 Å². The van der Waals surface area contributed by atoms with E-state index in [-0.39, 0.29) is 29.4 Å². The summed E-state index contributed by atoms with van der Waals surface area (Å²) in [5, 5.41) is 2.84. The molecule has 1 rings (SSSR count). The van der Waals surface area contributed by atoms with Crippen molar-refractivity contribution in [2.45, 2.75) is 64.0 Å². The first-order valence-electron chi connectivity index (χ1n) is 6.95. The van der Waals surface area contributed by atoms with Crippen molar-refractivity contribution in [2.24, 2.45) is 5.73 Å². The van der Waals surface area contributed by atoms with Crippen LogP contribution in [0.2, 0.25) is 0 Å². The molecule has 3 N–H and O–H groups in total. The van der Waals surface area contributed by atoms with Crippen LogP contribution in [-0.4, -0.2) is 41.4 Å². The molecule has 19 heavy (non-hydrogen) atoms. The number of amides is 2. The number of likely N-dealkylation sites (N-methyl/N-ethyl adjacent to an activating group) is 1. The van der Waals surface area contributed by atoms with Gasteiger partial charge in [-0.2, -0.15) is 0 Å². The molecule has 0 heterocycles. The Balaban J connectivity index is 2.42. The second-order valence-electron chi connectivity index (χ2n) is 6.79. The van der Waals surface area contributed by atoms with Gasteiger partial charge in [0.25, 0.3) is 0 Å². The second-order valence-corrected chi connectivity index (χ2v) is 6.79. The standard InChI is InChI=1S/C14H27N3O2/c1-13(2,3)16-11(18)10-17(4)12(19)9-14(15)7-5-6-8-14/h5-10,15H2,1-4H3,(H,16,18). The van der Waals surface area contributed by atoms with Crippen LogP contribution in [0, 0.1) is 0 Å². The van der Waals surface area contributed by atoms with Gasteiger partial charge in [0.15, 0.2) is 0 Å². The Labute approximate surface area is 115 Å². The third-order valence-corrected chi connectivity index (χ3v) is 3.42. The summed E-state index contributed by atoms with van der Waals surface area (Å²) in [6.45, 7) is 5.84. The highest BCUT2D eigenvalue weighted by Crippen LogP contribution is 2.30. The van der Waals surface area contributed by atoms with E-state index in [0.717, 1.165) is 25.7 Å². The van der Waals surface area contributed by atoms with E-state index >= 15 is 0 Å². The van der Waals surface area contributed by atoms with Crippen molar-refractivity contribution < 1.29 is 9.59 Å². The molecular weight excluding hydrogens is 242 g/mol. The van der Waals surface area contributed by atoms with Crippen molar-refractivity contribution in [1.29, 1.82) is 0 Å². The van der Waals surface area contributed by atoms with Crippen LogP contribution in [0.25, 0.3) is 0 Å². The number of carbonyl (C=O) groups excluding carboxylic acids is 2. The average Bonchev–Trinajstić information content (AvgIpc) is 2.61. The number of carbonyl (C=O) groups is 2.